The molecule has 0 saturated carbocycles. The molecule has 0 spiro atoms. The maximum atomic E-state index is 15.3. The first kappa shape index (κ1) is 19.6. The zero-order valence-electron chi connectivity index (χ0n) is 17.0. The molecule has 1 N–H and O–H groups in total. The Morgan fingerprint density at radius 3 is 2.83 bits per heavy atom. The summed E-state index contributed by atoms with van der Waals surface area (Å²) in [5.41, 5.74) is 3.19. The first-order valence-corrected chi connectivity index (χ1v) is 9.97. The summed E-state index contributed by atoms with van der Waals surface area (Å²) in [6, 6.07) is 3.65. The number of carbonyl (C=O) groups is 2. The monoisotopic (exact) mass is 399 g/mol. The minimum Gasteiger partial charge on any atom is -0.338 e. The number of nitrogens with one attached hydrogen (secondary N) is 1. The third-order valence-electron chi connectivity index (χ3n) is 6.03. The first-order valence-electron chi connectivity index (χ1n) is 9.97. The maximum Gasteiger partial charge on any atom is 0.227 e. The molecule has 1 aromatic carbocycles. The van der Waals surface area contributed by atoms with Gasteiger partial charge < -0.3 is 9.80 Å². The number of anilines is 1. The molecule has 0 unspecified atom stereocenters. The smallest absolute Gasteiger partial charge is 0.227 e. The van der Waals surface area contributed by atoms with Crippen molar-refractivity contribution in [2.75, 3.05) is 31.6 Å². The molecule has 2 amide bonds. The summed E-state index contributed by atoms with van der Waals surface area (Å²) in [6.45, 7) is 6.51. The Kier molecular flexibility index (Phi) is 5.12. The molecule has 2 aromatic rings. The molecular weight excluding hydrogens is 373 g/mol. The highest BCUT2D eigenvalue weighted by atomic mass is 19.1. The fourth-order valence-corrected chi connectivity index (χ4v) is 4.43. The number of nitrogens with zero attached hydrogens (tertiary/aromatic N) is 4. The van der Waals surface area contributed by atoms with Gasteiger partial charge in [0.05, 0.1) is 5.69 Å². The summed E-state index contributed by atoms with van der Waals surface area (Å²) in [5.74, 6) is -0.199. The number of benzene rings is 1. The number of carbonyl (C=O) groups excluding carboxylic acids is 2. The molecule has 1 saturated heterocycles. The van der Waals surface area contributed by atoms with Crippen molar-refractivity contribution in [1.82, 2.24) is 20.0 Å². The summed E-state index contributed by atoms with van der Waals surface area (Å²) in [5, 5.41) is 7.20. The molecule has 7 nitrogen and oxygen atoms in total. The minimum atomic E-state index is -0.301. The average Bonchev–Trinajstić information content (AvgIpc) is 3.13. The number of H-pyrrole nitrogens is 1. The molecule has 4 rings (SSSR count). The molecule has 1 aromatic heterocycles. The third-order valence-corrected chi connectivity index (χ3v) is 6.03. The Bertz CT molecular complexity index is 957. The number of piperazine rings is 1. The van der Waals surface area contributed by atoms with Gasteiger partial charge in [-0.25, -0.2) is 4.39 Å². The summed E-state index contributed by atoms with van der Waals surface area (Å²) in [7, 11) is 1.68. The van der Waals surface area contributed by atoms with E-state index in [2.05, 4.69) is 15.1 Å². The largest absolute Gasteiger partial charge is 0.338 e. The van der Waals surface area contributed by atoms with Gasteiger partial charge in [0.1, 0.15) is 5.82 Å². The number of hydrogen-bond donors (Lipinski definition) is 1. The zero-order chi connectivity index (χ0) is 20.7. The van der Waals surface area contributed by atoms with Crippen LogP contribution < -0.4 is 4.90 Å². The van der Waals surface area contributed by atoms with E-state index in [4.69, 9.17) is 0 Å². The van der Waals surface area contributed by atoms with Gasteiger partial charge in [0.2, 0.25) is 11.8 Å². The second-order valence-corrected chi connectivity index (χ2v) is 7.93. The van der Waals surface area contributed by atoms with E-state index >= 15 is 4.39 Å². The van der Waals surface area contributed by atoms with Crippen LogP contribution in [-0.2, 0) is 22.6 Å². The Labute approximate surface area is 169 Å². The minimum absolute atomic E-state index is 0.00364. The van der Waals surface area contributed by atoms with Crippen LogP contribution in [0.1, 0.15) is 31.4 Å². The van der Waals surface area contributed by atoms with Gasteiger partial charge in [-0.2, -0.15) is 5.10 Å². The third kappa shape index (κ3) is 3.53. The molecule has 0 aliphatic carbocycles. The van der Waals surface area contributed by atoms with Crippen molar-refractivity contribution < 1.29 is 14.0 Å². The molecule has 2 aliphatic rings. The molecule has 0 bridgehead atoms. The number of rotatable bonds is 3. The van der Waals surface area contributed by atoms with Crippen LogP contribution in [0.15, 0.2) is 18.3 Å². The lowest BCUT2D eigenvalue weighted by molar-refractivity contribution is -0.133. The zero-order valence-corrected chi connectivity index (χ0v) is 17.0. The van der Waals surface area contributed by atoms with E-state index in [0.29, 0.717) is 48.4 Å². The molecular formula is C21H26FN5O2. The number of halogens is 1. The standard InChI is InChI=1S/C21H26FN5O2/c1-13-11-26(8-9-27(13)14(2)28)12-15-10-23-24-21(15)17-4-6-18-16(20(17)22)5-7-19(29)25(18)3/h4,6,10,13H,5,7-9,11-12H2,1-3H3,(H,23,24)/t13-/m1/s1. The summed E-state index contributed by atoms with van der Waals surface area (Å²) < 4.78 is 15.3. The Hall–Kier alpha value is -2.74. The molecule has 29 heavy (non-hydrogen) atoms. The molecule has 8 heteroatoms. The Morgan fingerprint density at radius 2 is 2.10 bits per heavy atom. The highest BCUT2D eigenvalue weighted by Gasteiger charge is 2.28. The molecule has 3 heterocycles. The number of amides is 2. The fourth-order valence-electron chi connectivity index (χ4n) is 4.43. The van der Waals surface area contributed by atoms with Crippen LogP contribution in [0.25, 0.3) is 11.3 Å². The topological polar surface area (TPSA) is 72.5 Å². The molecule has 1 atom stereocenters. The predicted octanol–water partition coefficient (Wildman–Crippen LogP) is 2.18. The van der Waals surface area contributed by atoms with E-state index in [9.17, 15) is 9.59 Å². The average molecular weight is 399 g/mol. The van der Waals surface area contributed by atoms with Crippen LogP contribution in [0.4, 0.5) is 10.1 Å². The van der Waals surface area contributed by atoms with Crippen LogP contribution in [-0.4, -0.2) is 64.5 Å². The van der Waals surface area contributed by atoms with Gasteiger partial charge >= 0.3 is 0 Å². The maximum absolute atomic E-state index is 15.3. The summed E-state index contributed by atoms with van der Waals surface area (Å²) >= 11 is 0. The van der Waals surface area contributed by atoms with Crippen molar-refractivity contribution in [3.8, 4) is 11.3 Å². The number of fused-ring (bicyclic) bond motifs is 1. The van der Waals surface area contributed by atoms with Crippen LogP contribution >= 0.6 is 0 Å². The van der Waals surface area contributed by atoms with E-state index in [1.54, 1.807) is 26.1 Å². The first-order chi connectivity index (χ1) is 13.9. The van der Waals surface area contributed by atoms with Crippen LogP contribution in [0.3, 0.4) is 0 Å². The number of hydrogen-bond acceptors (Lipinski definition) is 4. The van der Waals surface area contributed by atoms with Gasteiger partial charge in [-0.3, -0.25) is 19.6 Å². The van der Waals surface area contributed by atoms with Crippen molar-refractivity contribution in [2.24, 2.45) is 0 Å². The van der Waals surface area contributed by atoms with E-state index in [-0.39, 0.29) is 23.7 Å². The lowest BCUT2D eigenvalue weighted by atomic mass is 9.96. The predicted molar refractivity (Wildman–Crippen MR) is 108 cm³/mol. The second kappa shape index (κ2) is 7.59. The van der Waals surface area contributed by atoms with Gasteiger partial charge in [0, 0.05) is 81.2 Å². The van der Waals surface area contributed by atoms with Crippen molar-refractivity contribution in [3.63, 3.8) is 0 Å². The van der Waals surface area contributed by atoms with E-state index in [1.807, 2.05) is 18.0 Å². The Balaban J connectivity index is 1.58. The molecule has 2 aliphatic heterocycles. The fraction of sp³-hybridized carbons (Fsp3) is 0.476. The molecule has 0 radical (unpaired) electrons. The van der Waals surface area contributed by atoms with Crippen molar-refractivity contribution in [2.45, 2.75) is 39.3 Å². The lowest BCUT2D eigenvalue weighted by Gasteiger charge is -2.39. The van der Waals surface area contributed by atoms with Crippen molar-refractivity contribution >= 4 is 17.5 Å². The van der Waals surface area contributed by atoms with Crippen molar-refractivity contribution in [1.29, 1.82) is 0 Å². The SMILES string of the molecule is CC(=O)N1CCN(Cc2c[nH]nc2-c2ccc3c(c2F)CCC(=O)N3C)C[C@H]1C. The van der Waals surface area contributed by atoms with E-state index in [1.165, 1.54) is 4.90 Å². The molecule has 1 fully saturated rings. The van der Waals surface area contributed by atoms with Gasteiger partial charge in [-0.15, -0.1) is 0 Å². The highest BCUT2D eigenvalue weighted by molar-refractivity contribution is 5.96. The second-order valence-electron chi connectivity index (χ2n) is 7.93. The van der Waals surface area contributed by atoms with Crippen LogP contribution in [0.2, 0.25) is 0 Å². The summed E-state index contributed by atoms with van der Waals surface area (Å²) in [6.07, 6.45) is 2.53. The normalized spacial score (nSPS) is 20.1. The van der Waals surface area contributed by atoms with Crippen molar-refractivity contribution in [3.05, 3.63) is 35.3 Å². The quantitative estimate of drug-likeness (QED) is 0.859. The summed E-state index contributed by atoms with van der Waals surface area (Å²) in [4.78, 5) is 29.3. The highest BCUT2D eigenvalue weighted by Crippen LogP contribution is 2.35. The van der Waals surface area contributed by atoms with Gasteiger partial charge in [0.15, 0.2) is 0 Å². The molecule has 154 valence electrons. The van der Waals surface area contributed by atoms with E-state index in [0.717, 1.165) is 18.7 Å². The lowest BCUT2D eigenvalue weighted by Crippen LogP contribution is -2.53. The van der Waals surface area contributed by atoms with Gasteiger partial charge in [0.25, 0.3) is 0 Å². The van der Waals surface area contributed by atoms with Gasteiger partial charge in [-0.1, -0.05) is 0 Å². The number of aromatic amines is 1. The van der Waals surface area contributed by atoms with Crippen LogP contribution in [0, 0.1) is 5.82 Å². The van der Waals surface area contributed by atoms with E-state index < -0.39 is 0 Å². The van der Waals surface area contributed by atoms with Gasteiger partial charge in [-0.05, 0) is 25.5 Å². The Morgan fingerprint density at radius 1 is 1.31 bits per heavy atom. The van der Waals surface area contributed by atoms with Crippen LogP contribution in [0.5, 0.6) is 0 Å². The number of aromatic nitrogens is 2.